The van der Waals surface area contributed by atoms with E-state index in [0.717, 1.165) is 24.8 Å². The van der Waals surface area contributed by atoms with Crippen LogP contribution in [0.5, 0.6) is 0 Å². The molecule has 0 heterocycles. The largest absolute Gasteiger partial charge is 0.384 e. The highest BCUT2D eigenvalue weighted by Crippen LogP contribution is 2.23. The summed E-state index contributed by atoms with van der Waals surface area (Å²) in [6.45, 7) is 3.28. The standard InChI is InChI=1S/C11H23NOS/c1-13-7-9-14-8-6-12-10-11-4-2-3-5-11/h11-12H,2-10H2,1H3. The first-order valence-corrected chi connectivity index (χ1v) is 6.86. The Labute approximate surface area is 92.2 Å². The fourth-order valence-corrected chi connectivity index (χ4v) is 2.69. The maximum atomic E-state index is 4.99. The van der Waals surface area contributed by atoms with E-state index in [-0.39, 0.29) is 0 Å². The van der Waals surface area contributed by atoms with E-state index in [0.29, 0.717) is 0 Å². The number of thioether (sulfide) groups is 1. The van der Waals surface area contributed by atoms with Crippen molar-refractivity contribution in [3.8, 4) is 0 Å². The predicted molar refractivity (Wildman–Crippen MR) is 64.0 cm³/mol. The molecular formula is C11H23NOS. The van der Waals surface area contributed by atoms with Gasteiger partial charge in [0.1, 0.15) is 0 Å². The highest BCUT2D eigenvalue weighted by atomic mass is 32.2. The summed E-state index contributed by atoms with van der Waals surface area (Å²) in [6.07, 6.45) is 5.80. The number of methoxy groups -OCH3 is 1. The van der Waals surface area contributed by atoms with E-state index in [9.17, 15) is 0 Å². The molecule has 0 aromatic carbocycles. The summed E-state index contributed by atoms with van der Waals surface area (Å²) in [6, 6.07) is 0. The van der Waals surface area contributed by atoms with Gasteiger partial charge in [-0.2, -0.15) is 11.8 Å². The second-order valence-corrected chi connectivity index (χ2v) is 5.18. The van der Waals surface area contributed by atoms with Gasteiger partial charge in [0.05, 0.1) is 6.61 Å². The Morgan fingerprint density at radius 2 is 2.07 bits per heavy atom. The van der Waals surface area contributed by atoms with E-state index in [1.807, 2.05) is 11.8 Å². The molecule has 3 heteroatoms. The Balaban J connectivity index is 1.75. The third-order valence-corrected chi connectivity index (χ3v) is 3.71. The van der Waals surface area contributed by atoms with Crippen LogP contribution in [0.25, 0.3) is 0 Å². The zero-order valence-corrected chi connectivity index (χ0v) is 10.1. The smallest absolute Gasteiger partial charge is 0.0552 e. The molecule has 0 aromatic heterocycles. The van der Waals surface area contributed by atoms with Crippen molar-refractivity contribution in [2.45, 2.75) is 25.7 Å². The van der Waals surface area contributed by atoms with E-state index < -0.39 is 0 Å². The molecule has 1 fully saturated rings. The van der Waals surface area contributed by atoms with Gasteiger partial charge < -0.3 is 10.1 Å². The zero-order chi connectivity index (χ0) is 10.1. The topological polar surface area (TPSA) is 21.3 Å². The molecule has 0 radical (unpaired) electrons. The average Bonchev–Trinajstić information content (AvgIpc) is 2.69. The molecule has 0 aliphatic heterocycles. The monoisotopic (exact) mass is 217 g/mol. The highest BCUT2D eigenvalue weighted by Gasteiger charge is 2.13. The second kappa shape index (κ2) is 8.57. The van der Waals surface area contributed by atoms with Gasteiger partial charge in [-0.05, 0) is 25.3 Å². The molecule has 0 spiro atoms. The quantitative estimate of drug-likeness (QED) is 0.630. The fourth-order valence-electron chi connectivity index (χ4n) is 1.91. The third-order valence-electron chi connectivity index (χ3n) is 2.76. The first-order chi connectivity index (χ1) is 6.93. The number of hydrogen-bond acceptors (Lipinski definition) is 3. The van der Waals surface area contributed by atoms with Crippen LogP contribution in [0.4, 0.5) is 0 Å². The van der Waals surface area contributed by atoms with Crippen LogP contribution >= 0.6 is 11.8 Å². The molecule has 84 valence electrons. The molecule has 0 amide bonds. The lowest BCUT2D eigenvalue weighted by Crippen LogP contribution is -2.23. The summed E-state index contributed by atoms with van der Waals surface area (Å²) in [7, 11) is 1.76. The zero-order valence-electron chi connectivity index (χ0n) is 9.26. The van der Waals surface area contributed by atoms with E-state index >= 15 is 0 Å². The summed E-state index contributed by atoms with van der Waals surface area (Å²) in [5.74, 6) is 3.32. The van der Waals surface area contributed by atoms with Crippen molar-refractivity contribution in [1.29, 1.82) is 0 Å². The van der Waals surface area contributed by atoms with Crippen LogP contribution in [0.15, 0.2) is 0 Å². The number of ether oxygens (including phenoxy) is 1. The van der Waals surface area contributed by atoms with Crippen molar-refractivity contribution >= 4 is 11.8 Å². The minimum atomic E-state index is 0.882. The molecule has 1 aliphatic rings. The van der Waals surface area contributed by atoms with E-state index in [2.05, 4.69) is 5.32 Å². The Kier molecular flexibility index (Phi) is 7.55. The summed E-state index contributed by atoms with van der Waals surface area (Å²) in [5, 5.41) is 3.54. The van der Waals surface area contributed by atoms with E-state index in [4.69, 9.17) is 4.74 Å². The lowest BCUT2D eigenvalue weighted by molar-refractivity contribution is 0.218. The Morgan fingerprint density at radius 3 is 2.79 bits per heavy atom. The maximum Gasteiger partial charge on any atom is 0.0552 e. The molecule has 2 nitrogen and oxygen atoms in total. The number of rotatable bonds is 8. The molecule has 14 heavy (non-hydrogen) atoms. The van der Waals surface area contributed by atoms with Gasteiger partial charge in [0, 0.05) is 25.2 Å². The van der Waals surface area contributed by atoms with Crippen LogP contribution in [-0.4, -0.2) is 38.3 Å². The van der Waals surface area contributed by atoms with Crippen molar-refractivity contribution in [2.24, 2.45) is 5.92 Å². The molecule has 0 bridgehead atoms. The van der Waals surface area contributed by atoms with Crippen molar-refractivity contribution in [1.82, 2.24) is 5.32 Å². The van der Waals surface area contributed by atoms with Crippen LogP contribution in [0.1, 0.15) is 25.7 Å². The molecule has 0 saturated heterocycles. The Morgan fingerprint density at radius 1 is 1.29 bits per heavy atom. The van der Waals surface area contributed by atoms with Gasteiger partial charge >= 0.3 is 0 Å². The number of hydrogen-bond donors (Lipinski definition) is 1. The summed E-state index contributed by atoms with van der Waals surface area (Å²) in [5.41, 5.74) is 0. The van der Waals surface area contributed by atoms with Crippen LogP contribution in [-0.2, 0) is 4.74 Å². The molecule has 0 aromatic rings. The van der Waals surface area contributed by atoms with E-state index in [1.165, 1.54) is 38.0 Å². The molecule has 1 N–H and O–H groups in total. The van der Waals surface area contributed by atoms with E-state index in [1.54, 1.807) is 7.11 Å². The van der Waals surface area contributed by atoms with Crippen molar-refractivity contribution < 1.29 is 4.74 Å². The SMILES string of the molecule is COCCSCCNCC1CCCC1. The van der Waals surface area contributed by atoms with Crippen LogP contribution in [0, 0.1) is 5.92 Å². The second-order valence-electron chi connectivity index (χ2n) is 3.96. The normalized spacial score (nSPS) is 17.8. The summed E-state index contributed by atoms with van der Waals surface area (Å²) >= 11 is 1.97. The molecule has 1 rings (SSSR count). The third kappa shape index (κ3) is 5.89. The summed E-state index contributed by atoms with van der Waals surface area (Å²) < 4.78 is 4.99. The van der Waals surface area contributed by atoms with Crippen LogP contribution < -0.4 is 5.32 Å². The van der Waals surface area contributed by atoms with Crippen molar-refractivity contribution in [3.05, 3.63) is 0 Å². The minimum absolute atomic E-state index is 0.882. The van der Waals surface area contributed by atoms with Gasteiger partial charge in [-0.3, -0.25) is 0 Å². The first-order valence-electron chi connectivity index (χ1n) is 5.71. The molecule has 0 atom stereocenters. The highest BCUT2D eigenvalue weighted by molar-refractivity contribution is 7.99. The average molecular weight is 217 g/mol. The van der Waals surface area contributed by atoms with Gasteiger partial charge in [-0.25, -0.2) is 0 Å². The molecule has 1 saturated carbocycles. The summed E-state index contributed by atoms with van der Waals surface area (Å²) in [4.78, 5) is 0. The lowest BCUT2D eigenvalue weighted by Gasteiger charge is -2.09. The van der Waals surface area contributed by atoms with Crippen molar-refractivity contribution in [3.63, 3.8) is 0 Å². The molecule has 0 unspecified atom stereocenters. The lowest BCUT2D eigenvalue weighted by atomic mass is 10.1. The van der Waals surface area contributed by atoms with Gasteiger partial charge in [-0.1, -0.05) is 12.8 Å². The molecule has 1 aliphatic carbocycles. The Hall–Kier alpha value is 0.270. The predicted octanol–water partition coefficient (Wildman–Crippen LogP) is 2.15. The van der Waals surface area contributed by atoms with Gasteiger partial charge in [-0.15, -0.1) is 0 Å². The van der Waals surface area contributed by atoms with Crippen molar-refractivity contribution in [2.75, 3.05) is 38.3 Å². The van der Waals surface area contributed by atoms with Gasteiger partial charge in [0.15, 0.2) is 0 Å². The Bertz CT molecular complexity index is 126. The van der Waals surface area contributed by atoms with Gasteiger partial charge in [0.2, 0.25) is 0 Å². The van der Waals surface area contributed by atoms with Crippen LogP contribution in [0.3, 0.4) is 0 Å². The van der Waals surface area contributed by atoms with Crippen LogP contribution in [0.2, 0.25) is 0 Å². The first kappa shape index (κ1) is 12.3. The maximum absolute atomic E-state index is 4.99. The minimum Gasteiger partial charge on any atom is -0.384 e. The van der Waals surface area contributed by atoms with Gasteiger partial charge in [0.25, 0.3) is 0 Å². The molecular weight excluding hydrogens is 194 g/mol. The fraction of sp³-hybridized carbons (Fsp3) is 1.00. The number of nitrogens with one attached hydrogen (secondary N) is 1.